The van der Waals surface area contributed by atoms with Gasteiger partial charge in [-0.25, -0.2) is 8.78 Å². The zero-order chi connectivity index (χ0) is 18.4. The van der Waals surface area contributed by atoms with Crippen LogP contribution in [0, 0.1) is 51.3 Å². The van der Waals surface area contributed by atoms with Crippen molar-refractivity contribution in [2.75, 3.05) is 7.11 Å². The van der Waals surface area contributed by atoms with Crippen molar-refractivity contribution in [1.29, 1.82) is 5.26 Å². The van der Waals surface area contributed by atoms with Crippen molar-refractivity contribution < 1.29 is 31.8 Å². The Balaban J connectivity index is 2.23. The number of nitriles is 1. The van der Waals surface area contributed by atoms with Crippen molar-refractivity contribution in [3.63, 3.8) is 0 Å². The summed E-state index contributed by atoms with van der Waals surface area (Å²) < 4.78 is 63.9. The zero-order valence-corrected chi connectivity index (χ0v) is 13.5. The van der Waals surface area contributed by atoms with E-state index in [2.05, 4.69) is 4.74 Å². The Morgan fingerprint density at radius 2 is 1.62 bits per heavy atom. The molecule has 1 aliphatic carbocycles. The number of esters is 1. The third kappa shape index (κ3) is 2.30. The van der Waals surface area contributed by atoms with Crippen molar-refractivity contribution in [1.82, 2.24) is 0 Å². The molecule has 0 spiro atoms. The molecule has 0 aliphatic heterocycles. The van der Waals surface area contributed by atoms with Gasteiger partial charge in [0.2, 0.25) is 11.6 Å². The van der Waals surface area contributed by atoms with Crippen LogP contribution in [0.5, 0.6) is 5.75 Å². The van der Waals surface area contributed by atoms with Gasteiger partial charge in [-0.2, -0.15) is 14.0 Å². The summed E-state index contributed by atoms with van der Waals surface area (Å²) in [4.78, 5) is 12.1. The van der Waals surface area contributed by atoms with E-state index in [9.17, 15) is 22.4 Å². The lowest BCUT2D eigenvalue weighted by Crippen LogP contribution is -2.14. The number of ether oxygens (including phenoxy) is 2. The van der Waals surface area contributed by atoms with Crippen molar-refractivity contribution >= 4 is 5.97 Å². The number of carbonyl (C=O) groups is 1. The van der Waals surface area contributed by atoms with E-state index in [0.717, 1.165) is 7.11 Å². The molecule has 0 saturated heterocycles. The number of hydrogen-bond acceptors (Lipinski definition) is 4. The van der Waals surface area contributed by atoms with Gasteiger partial charge in [-0.1, -0.05) is 13.8 Å². The van der Waals surface area contributed by atoms with Gasteiger partial charge in [0.15, 0.2) is 17.4 Å². The van der Waals surface area contributed by atoms with E-state index in [-0.39, 0.29) is 0 Å². The Bertz CT molecular complexity index is 728. The van der Waals surface area contributed by atoms with Gasteiger partial charge in [-0.15, -0.1) is 0 Å². The maximum atomic E-state index is 13.8. The molecule has 1 saturated carbocycles. The average Bonchev–Trinajstić information content (AvgIpc) is 2.99. The number of benzene rings is 1. The van der Waals surface area contributed by atoms with E-state index in [0.29, 0.717) is 0 Å². The molecule has 0 amide bonds. The lowest BCUT2D eigenvalue weighted by molar-refractivity contribution is -0.148. The summed E-state index contributed by atoms with van der Waals surface area (Å²) in [7, 11) is 0.859. The smallest absolute Gasteiger partial charge is 0.311 e. The summed E-state index contributed by atoms with van der Waals surface area (Å²) >= 11 is 0. The first-order chi connectivity index (χ1) is 11.0. The molecule has 2 rings (SSSR count). The average molecular weight is 345 g/mol. The molecule has 24 heavy (non-hydrogen) atoms. The molecule has 1 aliphatic rings. The maximum Gasteiger partial charge on any atom is 0.311 e. The summed E-state index contributed by atoms with van der Waals surface area (Å²) in [6.45, 7) is 3.92. The van der Waals surface area contributed by atoms with Crippen LogP contribution in [0.4, 0.5) is 17.6 Å². The first-order valence-electron chi connectivity index (χ1n) is 7.01. The van der Waals surface area contributed by atoms with Gasteiger partial charge >= 0.3 is 5.97 Å². The Kier molecular flexibility index (Phi) is 4.25. The monoisotopic (exact) mass is 345 g/mol. The maximum absolute atomic E-state index is 13.8. The lowest BCUT2D eigenvalue weighted by Gasteiger charge is -2.11. The Morgan fingerprint density at radius 1 is 1.12 bits per heavy atom. The predicted octanol–water partition coefficient (Wildman–Crippen LogP) is 3.48. The molecule has 8 heteroatoms. The first-order valence-corrected chi connectivity index (χ1v) is 7.01. The van der Waals surface area contributed by atoms with Gasteiger partial charge in [0.25, 0.3) is 0 Å². The molecule has 0 N–H and O–H groups in total. The normalized spacial score (nSPS) is 24.2. The fourth-order valence-corrected chi connectivity index (χ4v) is 2.91. The third-order valence-electron chi connectivity index (χ3n) is 4.90. The summed E-state index contributed by atoms with van der Waals surface area (Å²) in [6.07, 6.45) is 0. The highest BCUT2D eigenvalue weighted by atomic mass is 19.2. The second-order valence-electron chi connectivity index (χ2n) is 6.34. The van der Waals surface area contributed by atoms with Crippen LogP contribution in [0.25, 0.3) is 0 Å². The molecule has 1 fully saturated rings. The standard InChI is InChI=1S/C16H15F4NO3/c1-15(2)13(16(15,3)6-21)14(22)24-5-7-8(17)10(19)12(23-4)11(20)9(7)18/h13H,5H2,1-4H3/t13-,16-/m0/s1. The number of halogens is 4. The fraction of sp³-hybridized carbons (Fsp3) is 0.500. The predicted molar refractivity (Wildman–Crippen MR) is 73.6 cm³/mol. The molecule has 1 aromatic carbocycles. The summed E-state index contributed by atoms with van der Waals surface area (Å²) in [5.74, 6) is -9.67. The number of carbonyl (C=O) groups excluding carboxylic acids is 1. The van der Waals surface area contributed by atoms with Crippen molar-refractivity contribution in [3.8, 4) is 11.8 Å². The van der Waals surface area contributed by atoms with Gasteiger partial charge in [-0.3, -0.25) is 4.79 Å². The SMILES string of the molecule is COc1c(F)c(F)c(COC(=O)[C@H]2C(C)(C)[C@@]2(C)C#N)c(F)c1F. The highest BCUT2D eigenvalue weighted by Crippen LogP contribution is 2.68. The second-order valence-corrected chi connectivity index (χ2v) is 6.34. The molecular weight excluding hydrogens is 330 g/mol. The van der Waals surface area contributed by atoms with Crippen LogP contribution in [0.2, 0.25) is 0 Å². The number of hydrogen-bond donors (Lipinski definition) is 0. The van der Waals surface area contributed by atoms with E-state index < -0.39 is 63.9 Å². The molecule has 0 aromatic heterocycles. The lowest BCUT2D eigenvalue weighted by atomic mass is 10.0. The van der Waals surface area contributed by atoms with E-state index >= 15 is 0 Å². The summed E-state index contributed by atoms with van der Waals surface area (Å²) in [5.41, 5.74) is -2.71. The van der Waals surface area contributed by atoms with E-state index in [1.807, 2.05) is 6.07 Å². The van der Waals surface area contributed by atoms with Gasteiger partial charge < -0.3 is 9.47 Å². The molecule has 0 bridgehead atoms. The molecule has 1 aromatic rings. The summed E-state index contributed by atoms with van der Waals surface area (Å²) in [5, 5.41) is 9.13. The third-order valence-corrected chi connectivity index (χ3v) is 4.90. The highest BCUT2D eigenvalue weighted by Gasteiger charge is 2.73. The number of rotatable bonds is 4. The summed E-state index contributed by atoms with van der Waals surface area (Å²) in [6, 6.07) is 2.01. The first kappa shape index (κ1) is 18.0. The number of methoxy groups -OCH3 is 1. The molecule has 0 radical (unpaired) electrons. The minimum absolute atomic E-state index is 0.674. The van der Waals surface area contributed by atoms with E-state index in [1.165, 1.54) is 0 Å². The van der Waals surface area contributed by atoms with Crippen LogP contribution < -0.4 is 4.74 Å². The van der Waals surface area contributed by atoms with Crippen LogP contribution in [-0.4, -0.2) is 13.1 Å². The van der Waals surface area contributed by atoms with Crippen LogP contribution in [0.15, 0.2) is 0 Å². The topological polar surface area (TPSA) is 59.3 Å². The Hall–Kier alpha value is -2.30. The zero-order valence-electron chi connectivity index (χ0n) is 13.5. The van der Waals surface area contributed by atoms with Crippen LogP contribution in [0.1, 0.15) is 26.3 Å². The van der Waals surface area contributed by atoms with Crippen LogP contribution >= 0.6 is 0 Å². The minimum atomic E-state index is -1.71. The Labute approximate surface area is 136 Å². The second kappa shape index (κ2) is 5.65. The molecule has 130 valence electrons. The number of nitrogens with zero attached hydrogens (tertiary/aromatic N) is 1. The van der Waals surface area contributed by atoms with Crippen molar-refractivity contribution in [3.05, 3.63) is 28.8 Å². The van der Waals surface area contributed by atoms with Crippen LogP contribution in [0.3, 0.4) is 0 Å². The minimum Gasteiger partial charge on any atom is -0.491 e. The van der Waals surface area contributed by atoms with Gasteiger partial charge in [0.1, 0.15) is 6.61 Å². The molecule has 4 nitrogen and oxygen atoms in total. The molecule has 0 unspecified atom stereocenters. The molecule has 0 heterocycles. The van der Waals surface area contributed by atoms with Gasteiger partial charge in [-0.05, 0) is 12.3 Å². The Morgan fingerprint density at radius 3 is 2.00 bits per heavy atom. The fourth-order valence-electron chi connectivity index (χ4n) is 2.91. The van der Waals surface area contributed by atoms with Crippen LogP contribution in [-0.2, 0) is 16.1 Å². The van der Waals surface area contributed by atoms with Gasteiger partial charge in [0.05, 0.1) is 30.1 Å². The van der Waals surface area contributed by atoms with E-state index in [1.54, 1.807) is 20.8 Å². The highest BCUT2D eigenvalue weighted by molar-refractivity contribution is 5.80. The largest absolute Gasteiger partial charge is 0.491 e. The van der Waals surface area contributed by atoms with E-state index in [4.69, 9.17) is 10.00 Å². The quantitative estimate of drug-likeness (QED) is 0.476. The van der Waals surface area contributed by atoms with Crippen molar-refractivity contribution in [2.45, 2.75) is 27.4 Å². The molecular formula is C16H15F4NO3. The van der Waals surface area contributed by atoms with Gasteiger partial charge in [0, 0.05) is 0 Å². The van der Waals surface area contributed by atoms with Crippen molar-refractivity contribution in [2.24, 2.45) is 16.7 Å². The molecule has 2 atom stereocenters.